The van der Waals surface area contributed by atoms with Gasteiger partial charge in [0.15, 0.2) is 17.5 Å². The summed E-state index contributed by atoms with van der Waals surface area (Å²) >= 11 is 0. The van der Waals surface area contributed by atoms with E-state index in [1.54, 1.807) is 0 Å². The summed E-state index contributed by atoms with van der Waals surface area (Å²) in [6.07, 6.45) is 2.44. The van der Waals surface area contributed by atoms with E-state index in [0.717, 1.165) is 27.8 Å². The highest BCUT2D eigenvalue weighted by Crippen LogP contribution is 2.73. The summed E-state index contributed by atoms with van der Waals surface area (Å²) in [5.41, 5.74) is 10.2. The number of hydrogen-bond donors (Lipinski definition) is 0. The average molecular weight is 660 g/mol. The lowest BCUT2D eigenvalue weighted by Crippen LogP contribution is -2.00. The fourth-order valence-electron chi connectivity index (χ4n) is 6.98. The Morgan fingerprint density at radius 3 is 1.28 bits per heavy atom. The molecule has 9 rings (SSSR count). The number of rotatable bonds is 6. The third-order valence-corrected chi connectivity index (χ3v) is 13.3. The predicted molar refractivity (Wildman–Crippen MR) is 207 cm³/mol. The van der Waals surface area contributed by atoms with Crippen molar-refractivity contribution >= 4 is 10.0 Å². The van der Waals surface area contributed by atoms with Gasteiger partial charge in [0.1, 0.15) is 0 Å². The number of fused-ring (bicyclic) bond motifs is 3. The van der Waals surface area contributed by atoms with Crippen LogP contribution in [-0.4, -0.2) is 21.2 Å². The molecule has 0 aliphatic carbocycles. The molecule has 1 aromatic heterocycles. The molecule has 238 valence electrons. The van der Waals surface area contributed by atoms with Crippen LogP contribution < -0.4 is 0 Å². The van der Waals surface area contributed by atoms with Crippen molar-refractivity contribution in [3.63, 3.8) is 0 Å². The minimum Gasteiger partial charge on any atom is -0.208 e. The first-order chi connectivity index (χ1) is 24.6. The van der Waals surface area contributed by atoms with Crippen LogP contribution in [-0.2, 0) is 0 Å². The zero-order valence-electron chi connectivity index (χ0n) is 27.6. The Morgan fingerprint density at radius 2 is 0.700 bits per heavy atom. The van der Waals surface area contributed by atoms with Crippen LogP contribution in [0.3, 0.4) is 0 Å². The van der Waals surface area contributed by atoms with Crippen molar-refractivity contribution in [2.45, 2.75) is 14.7 Å². The highest BCUT2D eigenvalue weighted by atomic mass is 32.3. The van der Waals surface area contributed by atoms with Gasteiger partial charge in [-0.15, -0.1) is 0 Å². The first-order valence-corrected chi connectivity index (χ1v) is 18.8. The minimum atomic E-state index is -1.39. The normalized spacial score (nSPS) is 15.9. The summed E-state index contributed by atoms with van der Waals surface area (Å²) in [5.74, 6) is 1.96. The molecule has 0 N–H and O–H groups in total. The summed E-state index contributed by atoms with van der Waals surface area (Å²) in [6.45, 7) is 0. The maximum atomic E-state index is 5.01. The van der Waals surface area contributed by atoms with Crippen LogP contribution in [0.25, 0.3) is 67.5 Å². The smallest absolute Gasteiger partial charge is 0.164 e. The molecule has 3 nitrogen and oxygen atoms in total. The van der Waals surface area contributed by atoms with E-state index in [9.17, 15) is 0 Å². The van der Waals surface area contributed by atoms with Gasteiger partial charge in [-0.25, -0.2) is 15.0 Å². The van der Waals surface area contributed by atoms with Gasteiger partial charge in [-0.05, 0) is 68.8 Å². The standard InChI is InChI=1S/C46H33N3S/c1-50(39-17-9-4-10-18-39)42-20-12-11-19-40(42)41-30-29-38(31-43(41)50)34-23-27-37(28-24-34)46-48-44(35-15-7-3-8-16-35)47-45(49-46)36-25-21-33(22-26-36)32-13-5-2-6-14-32/h2-31H,1H3. The zero-order valence-corrected chi connectivity index (χ0v) is 28.4. The third-order valence-electron chi connectivity index (χ3n) is 9.65. The van der Waals surface area contributed by atoms with Gasteiger partial charge >= 0.3 is 0 Å². The Balaban J connectivity index is 1.09. The Labute approximate surface area is 294 Å². The Kier molecular flexibility index (Phi) is 7.45. The molecule has 1 aliphatic rings. The average Bonchev–Trinajstić information content (AvgIpc) is 3.47. The van der Waals surface area contributed by atoms with Crippen molar-refractivity contribution in [2.75, 3.05) is 6.26 Å². The molecular weight excluding hydrogens is 627 g/mol. The molecule has 1 unspecified atom stereocenters. The van der Waals surface area contributed by atoms with Crippen molar-refractivity contribution in [3.05, 3.63) is 182 Å². The van der Waals surface area contributed by atoms with E-state index in [0.29, 0.717) is 17.5 Å². The zero-order chi connectivity index (χ0) is 33.5. The Hall–Kier alpha value is -6.10. The van der Waals surface area contributed by atoms with E-state index in [-0.39, 0.29) is 0 Å². The molecule has 7 aromatic carbocycles. The van der Waals surface area contributed by atoms with Crippen LogP contribution in [0, 0.1) is 0 Å². The fraction of sp³-hybridized carbons (Fsp3) is 0.0217. The van der Waals surface area contributed by atoms with Gasteiger partial charge in [0.2, 0.25) is 0 Å². The highest BCUT2D eigenvalue weighted by Gasteiger charge is 2.36. The summed E-state index contributed by atoms with van der Waals surface area (Å²) in [4.78, 5) is 19.1. The largest absolute Gasteiger partial charge is 0.208 e. The summed E-state index contributed by atoms with van der Waals surface area (Å²) < 4.78 is 0. The monoisotopic (exact) mass is 659 g/mol. The molecule has 0 radical (unpaired) electrons. The molecule has 8 aromatic rings. The van der Waals surface area contributed by atoms with Gasteiger partial charge in [-0.3, -0.25) is 0 Å². The first kappa shape index (κ1) is 30.0. The quantitative estimate of drug-likeness (QED) is 0.178. The summed E-state index contributed by atoms with van der Waals surface area (Å²) in [6, 6.07) is 64.5. The molecule has 0 bridgehead atoms. The van der Waals surface area contributed by atoms with E-state index in [4.69, 9.17) is 15.0 Å². The predicted octanol–water partition coefficient (Wildman–Crippen LogP) is 12.1. The van der Waals surface area contributed by atoms with Crippen molar-refractivity contribution in [1.29, 1.82) is 0 Å². The van der Waals surface area contributed by atoms with E-state index in [1.165, 1.54) is 36.9 Å². The van der Waals surface area contributed by atoms with E-state index in [1.807, 2.05) is 36.4 Å². The van der Waals surface area contributed by atoms with E-state index in [2.05, 4.69) is 152 Å². The topological polar surface area (TPSA) is 38.7 Å². The summed E-state index contributed by atoms with van der Waals surface area (Å²) in [7, 11) is -1.39. The lowest BCUT2D eigenvalue weighted by molar-refractivity contribution is 1.07. The molecule has 50 heavy (non-hydrogen) atoms. The second kappa shape index (κ2) is 12.4. The first-order valence-electron chi connectivity index (χ1n) is 16.8. The van der Waals surface area contributed by atoms with Crippen molar-refractivity contribution in [2.24, 2.45) is 0 Å². The molecule has 2 heterocycles. The van der Waals surface area contributed by atoms with Crippen LogP contribution in [0.4, 0.5) is 0 Å². The van der Waals surface area contributed by atoms with Gasteiger partial charge in [-0.2, -0.15) is 10.0 Å². The van der Waals surface area contributed by atoms with Crippen LogP contribution in [0.2, 0.25) is 0 Å². The molecule has 0 saturated heterocycles. The molecular formula is C46H33N3S. The van der Waals surface area contributed by atoms with E-state index >= 15 is 0 Å². The molecule has 0 fully saturated rings. The second-order valence-corrected chi connectivity index (χ2v) is 15.8. The van der Waals surface area contributed by atoms with Crippen molar-refractivity contribution in [1.82, 2.24) is 15.0 Å². The van der Waals surface area contributed by atoms with E-state index < -0.39 is 10.0 Å². The van der Waals surface area contributed by atoms with Gasteiger partial charge in [0, 0.05) is 26.5 Å². The maximum absolute atomic E-state index is 5.01. The van der Waals surface area contributed by atoms with Crippen molar-refractivity contribution < 1.29 is 0 Å². The van der Waals surface area contributed by atoms with Crippen LogP contribution in [0.1, 0.15) is 0 Å². The minimum absolute atomic E-state index is 0.651. The second-order valence-electron chi connectivity index (χ2n) is 12.6. The van der Waals surface area contributed by atoms with Crippen LogP contribution in [0.5, 0.6) is 0 Å². The van der Waals surface area contributed by atoms with Gasteiger partial charge in [0.25, 0.3) is 0 Å². The molecule has 4 heteroatoms. The molecule has 0 amide bonds. The van der Waals surface area contributed by atoms with Gasteiger partial charge < -0.3 is 0 Å². The summed E-state index contributed by atoms with van der Waals surface area (Å²) in [5, 5.41) is 0. The number of nitrogens with zero attached hydrogens (tertiary/aromatic N) is 3. The van der Waals surface area contributed by atoms with Gasteiger partial charge in [0.05, 0.1) is 0 Å². The maximum Gasteiger partial charge on any atom is 0.164 e. The molecule has 1 aliphatic heterocycles. The molecule has 0 spiro atoms. The third kappa shape index (κ3) is 5.22. The molecule has 0 saturated carbocycles. The SMILES string of the molecule is CS1(c2ccccc2)c2ccccc2-c2ccc(-c3ccc(-c4nc(-c5ccccc5)nc(-c5ccc(-c6ccccc6)cc5)n4)cc3)cc21. The molecule has 1 atom stereocenters. The lowest BCUT2D eigenvalue weighted by atomic mass is 9.99. The fourth-order valence-corrected chi connectivity index (χ4v) is 10.4. The highest BCUT2D eigenvalue weighted by molar-refractivity contribution is 8.33. The number of benzene rings is 7. The van der Waals surface area contributed by atoms with Crippen molar-refractivity contribution in [3.8, 4) is 67.5 Å². The van der Waals surface area contributed by atoms with Gasteiger partial charge in [-0.1, -0.05) is 158 Å². The van der Waals surface area contributed by atoms with Crippen LogP contribution in [0.15, 0.2) is 197 Å². The lowest BCUT2D eigenvalue weighted by Gasteiger charge is -2.34. The Morgan fingerprint density at radius 1 is 0.320 bits per heavy atom. The Bertz CT molecular complexity index is 2460. The number of aromatic nitrogens is 3. The number of hydrogen-bond acceptors (Lipinski definition) is 3. The van der Waals surface area contributed by atoms with Crippen LogP contribution >= 0.6 is 10.0 Å².